The van der Waals surface area contributed by atoms with Gasteiger partial charge in [-0.25, -0.2) is 0 Å². The molecule has 1 heterocycles. The van der Waals surface area contributed by atoms with Crippen molar-refractivity contribution in [3.8, 4) is 5.75 Å². The molecule has 1 amide bonds. The zero-order chi connectivity index (χ0) is 17.3. The molecule has 0 radical (unpaired) electrons. The van der Waals surface area contributed by atoms with Crippen LogP contribution in [0.1, 0.15) is 39.0 Å². The second kappa shape index (κ2) is 6.96. The molecule has 136 valence electrons. The first kappa shape index (κ1) is 16.9. The maximum Gasteiger partial charge on any atom is 0.221 e. The summed E-state index contributed by atoms with van der Waals surface area (Å²) in [7, 11) is 0. The molecule has 1 saturated heterocycles. The zero-order valence-corrected chi connectivity index (χ0v) is 14.9. The van der Waals surface area contributed by atoms with Gasteiger partial charge in [0.15, 0.2) is 0 Å². The van der Waals surface area contributed by atoms with Gasteiger partial charge in [0, 0.05) is 49.2 Å². The molecule has 2 N–H and O–H groups in total. The molecule has 1 aromatic rings. The summed E-state index contributed by atoms with van der Waals surface area (Å²) in [4.78, 5) is 11.1. The minimum absolute atomic E-state index is 0.0704. The van der Waals surface area contributed by atoms with E-state index >= 15 is 0 Å². The van der Waals surface area contributed by atoms with Crippen LogP contribution in [-0.2, 0) is 9.53 Å². The summed E-state index contributed by atoms with van der Waals surface area (Å²) in [5, 5.41) is 6.55. The van der Waals surface area contributed by atoms with Gasteiger partial charge in [0.1, 0.15) is 12.4 Å². The lowest BCUT2D eigenvalue weighted by Gasteiger charge is -2.57. The van der Waals surface area contributed by atoms with Crippen LogP contribution in [0.15, 0.2) is 24.3 Å². The van der Waals surface area contributed by atoms with E-state index in [1.54, 1.807) is 0 Å². The standard InChI is InChI=1S/C20H28N2O3/c1-14(23)22-15-5-4-6-16(13-15)24-12-10-21-18-17-7-11-25-19(17)20(18)8-2-3-9-20/h4-6,13,17-19,21H,2-3,7-12H2,1H3,(H,22,23)/t17-,18+,19+/m0/s1. The molecule has 0 aromatic heterocycles. The Hall–Kier alpha value is -1.59. The van der Waals surface area contributed by atoms with Crippen LogP contribution in [-0.4, -0.2) is 37.8 Å². The number of carbonyl (C=O) groups is 1. The molecule has 5 heteroatoms. The van der Waals surface area contributed by atoms with E-state index in [1.807, 2.05) is 24.3 Å². The van der Waals surface area contributed by atoms with E-state index in [1.165, 1.54) is 39.0 Å². The molecule has 0 bridgehead atoms. The molecule has 1 aliphatic heterocycles. The number of ether oxygens (including phenoxy) is 2. The fraction of sp³-hybridized carbons (Fsp3) is 0.650. The number of carbonyl (C=O) groups excluding carboxylic acids is 1. The lowest BCUT2D eigenvalue weighted by atomic mass is 9.54. The molecule has 2 aliphatic carbocycles. The number of amides is 1. The highest BCUT2D eigenvalue weighted by Crippen LogP contribution is 2.60. The quantitative estimate of drug-likeness (QED) is 0.779. The molecule has 1 spiro atoms. The fourth-order valence-electron chi connectivity index (χ4n) is 5.26. The van der Waals surface area contributed by atoms with Crippen LogP contribution in [0, 0.1) is 11.3 Å². The average Bonchev–Trinajstić information content (AvgIpc) is 3.23. The molecule has 3 atom stereocenters. The number of hydrogen-bond donors (Lipinski definition) is 2. The molecule has 25 heavy (non-hydrogen) atoms. The molecule has 4 rings (SSSR count). The number of nitrogens with one attached hydrogen (secondary N) is 2. The Labute approximate surface area is 149 Å². The van der Waals surface area contributed by atoms with E-state index < -0.39 is 0 Å². The highest BCUT2D eigenvalue weighted by Gasteiger charge is 2.64. The second-order valence-electron chi connectivity index (χ2n) is 7.67. The molecule has 3 fully saturated rings. The minimum Gasteiger partial charge on any atom is -0.492 e. The van der Waals surface area contributed by atoms with Crippen molar-refractivity contribution in [2.75, 3.05) is 25.1 Å². The first-order valence-electron chi connectivity index (χ1n) is 9.54. The number of hydrogen-bond acceptors (Lipinski definition) is 4. The topological polar surface area (TPSA) is 59.6 Å². The van der Waals surface area contributed by atoms with Crippen molar-refractivity contribution in [3.63, 3.8) is 0 Å². The van der Waals surface area contributed by atoms with Gasteiger partial charge in [-0.2, -0.15) is 0 Å². The van der Waals surface area contributed by atoms with Crippen LogP contribution in [0.25, 0.3) is 0 Å². The number of rotatable bonds is 6. The van der Waals surface area contributed by atoms with Gasteiger partial charge in [-0.15, -0.1) is 0 Å². The molecule has 5 nitrogen and oxygen atoms in total. The molecule has 0 unspecified atom stereocenters. The maximum atomic E-state index is 11.1. The van der Waals surface area contributed by atoms with Crippen molar-refractivity contribution < 1.29 is 14.3 Å². The summed E-state index contributed by atoms with van der Waals surface area (Å²) in [6.45, 7) is 3.92. The summed E-state index contributed by atoms with van der Waals surface area (Å²) in [5.41, 5.74) is 1.17. The maximum absolute atomic E-state index is 11.1. The summed E-state index contributed by atoms with van der Waals surface area (Å²) in [6, 6.07) is 8.15. The predicted molar refractivity (Wildman–Crippen MR) is 96.8 cm³/mol. The van der Waals surface area contributed by atoms with E-state index in [0.717, 1.165) is 24.6 Å². The van der Waals surface area contributed by atoms with Gasteiger partial charge in [0.05, 0.1) is 6.10 Å². The minimum atomic E-state index is -0.0704. The highest BCUT2D eigenvalue weighted by molar-refractivity contribution is 5.88. The van der Waals surface area contributed by atoms with E-state index in [9.17, 15) is 4.79 Å². The third-order valence-corrected chi connectivity index (χ3v) is 6.18. The number of benzene rings is 1. The van der Waals surface area contributed by atoms with Gasteiger partial charge < -0.3 is 20.1 Å². The summed E-state index contributed by atoms with van der Waals surface area (Å²) in [5.74, 6) is 1.42. The van der Waals surface area contributed by atoms with Crippen molar-refractivity contribution in [2.24, 2.45) is 11.3 Å². The van der Waals surface area contributed by atoms with Crippen LogP contribution in [0.2, 0.25) is 0 Å². The van der Waals surface area contributed by atoms with E-state index in [-0.39, 0.29) is 5.91 Å². The van der Waals surface area contributed by atoms with Crippen LogP contribution >= 0.6 is 0 Å². The zero-order valence-electron chi connectivity index (χ0n) is 14.9. The Kier molecular flexibility index (Phi) is 4.69. The van der Waals surface area contributed by atoms with Crippen molar-refractivity contribution >= 4 is 11.6 Å². The third-order valence-electron chi connectivity index (χ3n) is 6.18. The van der Waals surface area contributed by atoms with E-state index in [0.29, 0.717) is 30.1 Å². The number of anilines is 1. The predicted octanol–water partition coefficient (Wildman–Crippen LogP) is 2.96. The Morgan fingerprint density at radius 1 is 1.36 bits per heavy atom. The Morgan fingerprint density at radius 2 is 2.20 bits per heavy atom. The first-order chi connectivity index (χ1) is 12.2. The van der Waals surface area contributed by atoms with Gasteiger partial charge in [-0.1, -0.05) is 18.9 Å². The average molecular weight is 344 g/mol. The summed E-state index contributed by atoms with van der Waals surface area (Å²) in [6.07, 6.45) is 7.01. The number of fused-ring (bicyclic) bond motifs is 2. The fourth-order valence-corrected chi connectivity index (χ4v) is 5.26. The Bertz CT molecular complexity index is 627. The Morgan fingerprint density at radius 3 is 3.00 bits per heavy atom. The highest BCUT2D eigenvalue weighted by atomic mass is 16.5. The summed E-state index contributed by atoms with van der Waals surface area (Å²) < 4.78 is 11.9. The largest absolute Gasteiger partial charge is 0.492 e. The molecular formula is C20H28N2O3. The monoisotopic (exact) mass is 344 g/mol. The van der Waals surface area contributed by atoms with Gasteiger partial charge in [-0.3, -0.25) is 4.79 Å². The smallest absolute Gasteiger partial charge is 0.221 e. The third kappa shape index (κ3) is 3.15. The van der Waals surface area contributed by atoms with Crippen molar-refractivity contribution in [1.29, 1.82) is 0 Å². The lowest BCUT2D eigenvalue weighted by Crippen LogP contribution is -2.67. The van der Waals surface area contributed by atoms with Crippen LogP contribution in [0.4, 0.5) is 5.69 Å². The molecule has 2 saturated carbocycles. The van der Waals surface area contributed by atoms with E-state index in [4.69, 9.17) is 9.47 Å². The van der Waals surface area contributed by atoms with Crippen LogP contribution in [0.3, 0.4) is 0 Å². The van der Waals surface area contributed by atoms with Crippen molar-refractivity contribution in [1.82, 2.24) is 5.32 Å². The van der Waals surface area contributed by atoms with Gasteiger partial charge in [0.25, 0.3) is 0 Å². The second-order valence-corrected chi connectivity index (χ2v) is 7.67. The Balaban J connectivity index is 1.27. The SMILES string of the molecule is CC(=O)Nc1cccc(OCCN[C@@H]2[C@@H]3CCO[C@H]3C23CCCC3)c1. The lowest BCUT2D eigenvalue weighted by molar-refractivity contribution is -0.130. The van der Waals surface area contributed by atoms with E-state index in [2.05, 4.69) is 10.6 Å². The molecule has 1 aromatic carbocycles. The van der Waals surface area contributed by atoms with Gasteiger partial charge in [0.2, 0.25) is 5.91 Å². The van der Waals surface area contributed by atoms with Gasteiger partial charge >= 0.3 is 0 Å². The van der Waals surface area contributed by atoms with Crippen LogP contribution in [0.5, 0.6) is 5.75 Å². The van der Waals surface area contributed by atoms with Gasteiger partial charge in [-0.05, 0) is 31.4 Å². The molecular weight excluding hydrogens is 316 g/mol. The summed E-state index contributed by atoms with van der Waals surface area (Å²) >= 11 is 0. The normalized spacial score (nSPS) is 29.2. The molecule has 3 aliphatic rings. The first-order valence-corrected chi connectivity index (χ1v) is 9.54. The van der Waals surface area contributed by atoms with Crippen molar-refractivity contribution in [3.05, 3.63) is 24.3 Å². The van der Waals surface area contributed by atoms with Crippen LogP contribution < -0.4 is 15.4 Å². The van der Waals surface area contributed by atoms with Crippen molar-refractivity contribution in [2.45, 2.75) is 51.2 Å².